The van der Waals surface area contributed by atoms with Crippen molar-refractivity contribution in [1.29, 1.82) is 0 Å². The zero-order chi connectivity index (χ0) is 28.3. The highest BCUT2D eigenvalue weighted by atomic mass is 16.5. The van der Waals surface area contributed by atoms with Gasteiger partial charge in [0.1, 0.15) is 11.5 Å². The molecule has 0 saturated carbocycles. The van der Waals surface area contributed by atoms with Gasteiger partial charge in [-0.25, -0.2) is 14.8 Å². The number of fused-ring (bicyclic) bond motifs is 5. The summed E-state index contributed by atoms with van der Waals surface area (Å²) < 4.78 is 12.0. The number of carbonyl (C=O) groups is 1. The van der Waals surface area contributed by atoms with E-state index in [4.69, 9.17) is 19.4 Å². The molecule has 0 saturated heterocycles. The summed E-state index contributed by atoms with van der Waals surface area (Å²) in [5, 5.41) is 2.03. The summed E-state index contributed by atoms with van der Waals surface area (Å²) in [6, 6.07) is 20.3. The molecule has 0 amide bonds. The van der Waals surface area contributed by atoms with Crippen LogP contribution in [0, 0.1) is 0 Å². The van der Waals surface area contributed by atoms with Crippen LogP contribution in [0.3, 0.4) is 0 Å². The highest BCUT2D eigenvalue weighted by Gasteiger charge is 2.24. The van der Waals surface area contributed by atoms with Crippen molar-refractivity contribution < 1.29 is 14.3 Å². The average Bonchev–Trinajstić information content (AvgIpc) is 3.00. The van der Waals surface area contributed by atoms with E-state index in [9.17, 15) is 4.79 Å². The molecule has 210 valence electrons. The van der Waals surface area contributed by atoms with E-state index in [1.54, 1.807) is 12.1 Å². The minimum Gasteiger partial charge on any atom is -0.462 e. The van der Waals surface area contributed by atoms with Gasteiger partial charge < -0.3 is 14.4 Å². The summed E-state index contributed by atoms with van der Waals surface area (Å²) in [6.07, 6.45) is 6.52. The van der Waals surface area contributed by atoms with Crippen LogP contribution in [0.1, 0.15) is 69.7 Å². The van der Waals surface area contributed by atoms with Gasteiger partial charge in [0.25, 0.3) is 0 Å². The lowest BCUT2D eigenvalue weighted by Crippen LogP contribution is -2.25. The van der Waals surface area contributed by atoms with Crippen LogP contribution in [0.15, 0.2) is 60.7 Å². The van der Waals surface area contributed by atoms with E-state index in [1.807, 2.05) is 18.2 Å². The van der Waals surface area contributed by atoms with Crippen LogP contribution >= 0.6 is 0 Å². The number of aromatic nitrogens is 2. The third-order valence-electron chi connectivity index (χ3n) is 7.89. The summed E-state index contributed by atoms with van der Waals surface area (Å²) in [6.45, 7) is 9.07. The predicted octanol–water partition coefficient (Wildman–Crippen LogP) is 9.07. The van der Waals surface area contributed by atoms with Gasteiger partial charge in [-0.05, 0) is 67.3 Å². The van der Waals surface area contributed by atoms with Crippen LogP contribution < -0.4 is 9.64 Å². The SMILES string of the molecule is CCCCOC(=O)c1ccc2nc3cc4c5c(cccc5c3nc2c1)Oc1cc(N(CCCC)CCCC)ccc1-4. The lowest BCUT2D eigenvalue weighted by molar-refractivity contribution is 0.0500. The third kappa shape index (κ3) is 5.19. The Morgan fingerprint density at radius 2 is 1.59 bits per heavy atom. The second kappa shape index (κ2) is 11.7. The fourth-order valence-electron chi connectivity index (χ4n) is 5.60. The van der Waals surface area contributed by atoms with E-state index in [0.717, 1.165) is 75.9 Å². The fourth-order valence-corrected chi connectivity index (χ4v) is 5.60. The Balaban J connectivity index is 1.43. The van der Waals surface area contributed by atoms with Crippen LogP contribution in [0.5, 0.6) is 11.5 Å². The maximum atomic E-state index is 12.6. The molecule has 1 aliphatic rings. The minimum absolute atomic E-state index is 0.327. The lowest BCUT2D eigenvalue weighted by Gasteiger charge is -2.27. The first-order valence-corrected chi connectivity index (χ1v) is 15.0. The standard InChI is InChI=1S/C35H37N3O3/c1-4-7-17-38(18-8-5-2)24-14-15-25-27-22-30-34(26-11-10-12-31(33(26)27)41-32(25)21-24)37-29-20-23(13-16-28(29)36-30)35(39)40-19-9-6-3/h10-16,20-22H,4-9,17-19H2,1-3H3. The molecule has 0 aliphatic carbocycles. The normalized spacial score (nSPS) is 12.0. The molecular weight excluding hydrogens is 510 g/mol. The summed E-state index contributed by atoms with van der Waals surface area (Å²) in [5.41, 5.74) is 6.90. The van der Waals surface area contributed by atoms with Gasteiger partial charge in [-0.2, -0.15) is 0 Å². The topological polar surface area (TPSA) is 64.5 Å². The lowest BCUT2D eigenvalue weighted by atomic mass is 9.93. The Morgan fingerprint density at radius 1 is 0.780 bits per heavy atom. The fraction of sp³-hybridized carbons (Fsp3) is 0.343. The van der Waals surface area contributed by atoms with Crippen LogP contribution in [0.25, 0.3) is 44.0 Å². The number of hydrogen-bond acceptors (Lipinski definition) is 6. The quantitative estimate of drug-likeness (QED) is 0.0698. The molecule has 1 aliphatic heterocycles. The Hall–Kier alpha value is -4.19. The molecule has 0 bridgehead atoms. The van der Waals surface area contributed by atoms with Crippen molar-refractivity contribution in [2.45, 2.75) is 59.3 Å². The number of carbonyl (C=O) groups excluding carboxylic acids is 1. The number of benzene rings is 4. The van der Waals surface area contributed by atoms with Gasteiger partial charge in [-0.1, -0.05) is 52.2 Å². The molecule has 0 N–H and O–H groups in total. The number of esters is 1. The highest BCUT2D eigenvalue weighted by Crippen LogP contribution is 2.49. The zero-order valence-corrected chi connectivity index (χ0v) is 24.2. The van der Waals surface area contributed by atoms with Gasteiger partial charge >= 0.3 is 5.97 Å². The van der Waals surface area contributed by atoms with Gasteiger partial charge in [-0.3, -0.25) is 0 Å². The van der Waals surface area contributed by atoms with Gasteiger partial charge in [0.2, 0.25) is 0 Å². The molecule has 0 spiro atoms. The number of rotatable bonds is 11. The van der Waals surface area contributed by atoms with Crippen LogP contribution in [-0.4, -0.2) is 35.6 Å². The monoisotopic (exact) mass is 547 g/mol. The van der Waals surface area contributed by atoms with Crippen LogP contribution in [0.2, 0.25) is 0 Å². The second-order valence-corrected chi connectivity index (χ2v) is 10.9. The van der Waals surface area contributed by atoms with Crippen molar-refractivity contribution in [3.8, 4) is 22.6 Å². The number of nitrogens with zero attached hydrogens (tertiary/aromatic N) is 3. The molecule has 5 aromatic rings. The van der Waals surface area contributed by atoms with E-state index in [2.05, 4.69) is 56.0 Å². The van der Waals surface area contributed by atoms with Crippen molar-refractivity contribution in [2.75, 3.05) is 24.6 Å². The van der Waals surface area contributed by atoms with Gasteiger partial charge in [0.15, 0.2) is 0 Å². The Morgan fingerprint density at radius 3 is 2.37 bits per heavy atom. The molecule has 0 fully saturated rings. The predicted molar refractivity (Wildman–Crippen MR) is 167 cm³/mol. The summed E-state index contributed by atoms with van der Waals surface area (Å²) in [5.74, 6) is 1.37. The number of unbranched alkanes of at least 4 members (excludes halogenated alkanes) is 3. The third-order valence-corrected chi connectivity index (χ3v) is 7.89. The van der Waals surface area contributed by atoms with Gasteiger partial charge in [0.05, 0.1) is 34.2 Å². The second-order valence-electron chi connectivity index (χ2n) is 10.9. The Labute approximate surface area is 241 Å². The van der Waals surface area contributed by atoms with Crippen molar-refractivity contribution in [3.63, 3.8) is 0 Å². The molecule has 6 rings (SSSR count). The maximum absolute atomic E-state index is 12.6. The first-order valence-electron chi connectivity index (χ1n) is 15.0. The van der Waals surface area contributed by atoms with E-state index in [-0.39, 0.29) is 5.97 Å². The summed E-state index contributed by atoms with van der Waals surface area (Å²) >= 11 is 0. The number of anilines is 1. The number of hydrogen-bond donors (Lipinski definition) is 0. The number of ether oxygens (including phenoxy) is 2. The van der Waals surface area contributed by atoms with Crippen LogP contribution in [-0.2, 0) is 4.74 Å². The van der Waals surface area contributed by atoms with E-state index in [1.165, 1.54) is 31.4 Å². The van der Waals surface area contributed by atoms with Crippen molar-refractivity contribution in [2.24, 2.45) is 0 Å². The minimum atomic E-state index is -0.327. The molecule has 1 aromatic heterocycles. The first-order chi connectivity index (χ1) is 20.1. The smallest absolute Gasteiger partial charge is 0.338 e. The van der Waals surface area contributed by atoms with E-state index >= 15 is 0 Å². The largest absolute Gasteiger partial charge is 0.462 e. The summed E-state index contributed by atoms with van der Waals surface area (Å²) in [7, 11) is 0. The Kier molecular flexibility index (Phi) is 7.73. The maximum Gasteiger partial charge on any atom is 0.338 e. The molecule has 0 atom stereocenters. The van der Waals surface area contributed by atoms with E-state index < -0.39 is 0 Å². The first kappa shape index (κ1) is 27.0. The van der Waals surface area contributed by atoms with Gasteiger partial charge in [0, 0.05) is 41.2 Å². The molecule has 6 heteroatoms. The molecule has 2 heterocycles. The zero-order valence-electron chi connectivity index (χ0n) is 24.2. The molecule has 4 aromatic carbocycles. The van der Waals surface area contributed by atoms with Crippen molar-refractivity contribution in [3.05, 3.63) is 66.2 Å². The highest BCUT2D eigenvalue weighted by molar-refractivity contribution is 6.16. The van der Waals surface area contributed by atoms with Crippen molar-refractivity contribution in [1.82, 2.24) is 9.97 Å². The average molecular weight is 548 g/mol. The van der Waals surface area contributed by atoms with E-state index in [0.29, 0.717) is 17.7 Å². The molecule has 6 nitrogen and oxygen atoms in total. The molecule has 0 unspecified atom stereocenters. The van der Waals surface area contributed by atoms with Gasteiger partial charge in [-0.15, -0.1) is 0 Å². The Bertz CT molecular complexity index is 1740. The molecule has 41 heavy (non-hydrogen) atoms. The van der Waals surface area contributed by atoms with Crippen LogP contribution in [0.4, 0.5) is 5.69 Å². The molecule has 0 radical (unpaired) electrons. The molecular formula is C35H37N3O3. The summed E-state index contributed by atoms with van der Waals surface area (Å²) in [4.78, 5) is 25.0. The van der Waals surface area contributed by atoms with Crippen molar-refractivity contribution >= 4 is 44.5 Å².